The van der Waals surface area contributed by atoms with Crippen LogP contribution in [0.5, 0.6) is 0 Å². The molecule has 0 radical (unpaired) electrons. The summed E-state index contributed by atoms with van der Waals surface area (Å²) in [5.41, 5.74) is 1.45. The van der Waals surface area contributed by atoms with Crippen molar-refractivity contribution < 1.29 is 8.42 Å². The third-order valence-corrected chi connectivity index (χ3v) is 5.07. The molecule has 1 aliphatic rings. The quantitative estimate of drug-likeness (QED) is 0.898. The van der Waals surface area contributed by atoms with E-state index in [0.29, 0.717) is 10.7 Å². The van der Waals surface area contributed by atoms with Crippen LogP contribution < -0.4 is 10.0 Å². The van der Waals surface area contributed by atoms with Gasteiger partial charge in [-0.3, -0.25) is 4.72 Å². The van der Waals surface area contributed by atoms with Crippen LogP contribution in [0.4, 0.5) is 5.69 Å². The Balaban J connectivity index is 2.01. The van der Waals surface area contributed by atoms with E-state index in [1.165, 1.54) is 0 Å². The van der Waals surface area contributed by atoms with Gasteiger partial charge >= 0.3 is 0 Å². The van der Waals surface area contributed by atoms with E-state index in [9.17, 15) is 8.42 Å². The maximum atomic E-state index is 12.1. The van der Waals surface area contributed by atoms with E-state index in [1.54, 1.807) is 18.2 Å². The fourth-order valence-electron chi connectivity index (χ4n) is 2.21. The predicted molar refractivity (Wildman–Crippen MR) is 79.2 cm³/mol. The summed E-state index contributed by atoms with van der Waals surface area (Å²) in [6, 6.07) is 5.22. The molecule has 0 saturated carbocycles. The lowest BCUT2D eigenvalue weighted by molar-refractivity contribution is 0.424. The second kappa shape index (κ2) is 6.11. The van der Waals surface area contributed by atoms with Crippen LogP contribution in [0.25, 0.3) is 0 Å². The Kier molecular flexibility index (Phi) is 4.71. The number of hydrogen-bond acceptors (Lipinski definition) is 3. The normalized spacial score (nSPS) is 20.2. The summed E-state index contributed by atoms with van der Waals surface area (Å²) in [7, 11) is -3.34. The number of anilines is 1. The number of rotatable bonds is 4. The molecule has 1 aliphatic heterocycles. The fourth-order valence-corrected chi connectivity index (χ4v) is 3.77. The molecule has 2 rings (SSSR count). The zero-order valence-corrected chi connectivity index (χ0v) is 12.5. The highest BCUT2D eigenvalue weighted by molar-refractivity contribution is 7.92. The molecule has 0 aliphatic carbocycles. The molecule has 6 heteroatoms. The highest BCUT2D eigenvalue weighted by atomic mass is 35.5. The minimum absolute atomic E-state index is 0.0483. The molecule has 19 heavy (non-hydrogen) atoms. The number of nitrogens with one attached hydrogen (secondary N) is 2. The van der Waals surface area contributed by atoms with Crippen LogP contribution in [-0.2, 0) is 10.0 Å². The van der Waals surface area contributed by atoms with E-state index < -0.39 is 10.0 Å². The molecule has 0 spiro atoms. The second-order valence-electron chi connectivity index (χ2n) is 4.99. The predicted octanol–water partition coefficient (Wildman–Crippen LogP) is 2.53. The summed E-state index contributed by atoms with van der Waals surface area (Å²) >= 11 is 5.99. The number of benzene rings is 1. The van der Waals surface area contributed by atoms with Gasteiger partial charge in [-0.15, -0.1) is 0 Å². The van der Waals surface area contributed by atoms with Crippen molar-refractivity contribution in [2.24, 2.45) is 0 Å². The van der Waals surface area contributed by atoms with Gasteiger partial charge in [-0.05, 0) is 44.0 Å². The van der Waals surface area contributed by atoms with Crippen LogP contribution >= 0.6 is 11.6 Å². The van der Waals surface area contributed by atoms with Crippen LogP contribution in [0.2, 0.25) is 5.02 Å². The number of aryl methyl sites for hydroxylation is 1. The van der Waals surface area contributed by atoms with Crippen molar-refractivity contribution >= 4 is 27.3 Å². The average Bonchev–Trinajstić information content (AvgIpc) is 2.34. The average molecular weight is 303 g/mol. The zero-order valence-electron chi connectivity index (χ0n) is 10.9. The molecule has 0 bridgehead atoms. The van der Waals surface area contributed by atoms with Crippen molar-refractivity contribution in [3.8, 4) is 0 Å². The van der Waals surface area contributed by atoms with Crippen molar-refractivity contribution in [2.45, 2.75) is 32.2 Å². The Morgan fingerprint density at radius 2 is 2.21 bits per heavy atom. The van der Waals surface area contributed by atoms with Gasteiger partial charge < -0.3 is 5.32 Å². The van der Waals surface area contributed by atoms with E-state index in [4.69, 9.17) is 11.6 Å². The monoisotopic (exact) mass is 302 g/mol. The van der Waals surface area contributed by atoms with Crippen molar-refractivity contribution in [1.29, 1.82) is 0 Å². The third kappa shape index (κ3) is 4.37. The van der Waals surface area contributed by atoms with E-state index in [-0.39, 0.29) is 11.8 Å². The summed E-state index contributed by atoms with van der Waals surface area (Å²) in [5.74, 6) is 0.110. The molecule has 1 fully saturated rings. The van der Waals surface area contributed by atoms with E-state index in [2.05, 4.69) is 10.0 Å². The second-order valence-corrected chi connectivity index (χ2v) is 7.17. The molecule has 1 heterocycles. The molecule has 2 N–H and O–H groups in total. The lowest BCUT2D eigenvalue weighted by Gasteiger charge is -2.23. The molecule has 106 valence electrons. The summed E-state index contributed by atoms with van der Waals surface area (Å²) in [5, 5.41) is 3.80. The van der Waals surface area contributed by atoms with Crippen molar-refractivity contribution in [2.75, 3.05) is 17.0 Å². The maximum absolute atomic E-state index is 12.1. The summed E-state index contributed by atoms with van der Waals surface area (Å²) in [6.45, 7) is 2.78. The smallest absolute Gasteiger partial charge is 0.234 e. The first-order chi connectivity index (χ1) is 8.96. The van der Waals surface area contributed by atoms with Gasteiger partial charge in [0.25, 0.3) is 0 Å². The summed E-state index contributed by atoms with van der Waals surface area (Å²) in [4.78, 5) is 0. The molecule has 0 amide bonds. The SMILES string of the molecule is Cc1ccc(NS(=O)(=O)CC2CCCCN2)cc1Cl. The van der Waals surface area contributed by atoms with Gasteiger partial charge in [-0.25, -0.2) is 8.42 Å². The van der Waals surface area contributed by atoms with E-state index in [0.717, 1.165) is 31.4 Å². The minimum atomic E-state index is -3.34. The van der Waals surface area contributed by atoms with Crippen molar-refractivity contribution in [3.63, 3.8) is 0 Å². The van der Waals surface area contributed by atoms with E-state index >= 15 is 0 Å². The van der Waals surface area contributed by atoms with Gasteiger partial charge in [0.1, 0.15) is 0 Å². The van der Waals surface area contributed by atoms with Gasteiger partial charge in [0.2, 0.25) is 10.0 Å². The van der Waals surface area contributed by atoms with Crippen LogP contribution in [0.1, 0.15) is 24.8 Å². The largest absolute Gasteiger partial charge is 0.313 e. The number of sulfonamides is 1. The Bertz CT molecular complexity index is 540. The van der Waals surface area contributed by atoms with Crippen LogP contribution in [0.3, 0.4) is 0 Å². The molecule has 1 atom stereocenters. The fraction of sp³-hybridized carbons (Fsp3) is 0.538. The van der Waals surface area contributed by atoms with Crippen LogP contribution in [0.15, 0.2) is 18.2 Å². The van der Waals surface area contributed by atoms with Gasteiger partial charge in [0.05, 0.1) is 5.75 Å². The Hall–Kier alpha value is -0.780. The highest BCUT2D eigenvalue weighted by Gasteiger charge is 2.20. The van der Waals surface area contributed by atoms with Gasteiger partial charge in [-0.2, -0.15) is 0 Å². The van der Waals surface area contributed by atoms with Crippen LogP contribution in [0, 0.1) is 6.92 Å². The molecule has 4 nitrogen and oxygen atoms in total. The standard InChI is InChI=1S/C13H19ClN2O2S/c1-10-5-6-11(8-13(10)14)16-19(17,18)9-12-4-2-3-7-15-12/h5-6,8,12,15-16H,2-4,7,9H2,1H3. The Morgan fingerprint density at radius 3 is 2.84 bits per heavy atom. The van der Waals surface area contributed by atoms with Gasteiger partial charge in [0, 0.05) is 16.8 Å². The minimum Gasteiger partial charge on any atom is -0.313 e. The van der Waals surface area contributed by atoms with Gasteiger partial charge in [0.15, 0.2) is 0 Å². The number of piperidine rings is 1. The summed E-state index contributed by atoms with van der Waals surface area (Å²) in [6.07, 6.45) is 3.12. The Morgan fingerprint density at radius 1 is 1.42 bits per heavy atom. The molecular formula is C13H19ClN2O2S. The first-order valence-electron chi connectivity index (χ1n) is 6.46. The van der Waals surface area contributed by atoms with Crippen molar-refractivity contribution in [1.82, 2.24) is 5.32 Å². The van der Waals surface area contributed by atoms with Crippen LogP contribution in [-0.4, -0.2) is 26.8 Å². The van der Waals surface area contributed by atoms with E-state index in [1.807, 2.05) is 6.92 Å². The number of halogens is 1. The highest BCUT2D eigenvalue weighted by Crippen LogP contribution is 2.21. The Labute approximate surface area is 119 Å². The number of hydrogen-bond donors (Lipinski definition) is 2. The first kappa shape index (κ1) is 14.6. The molecular weight excluding hydrogens is 284 g/mol. The molecule has 1 aromatic rings. The molecule has 1 unspecified atom stereocenters. The molecule has 1 aromatic carbocycles. The molecule has 0 aromatic heterocycles. The lowest BCUT2D eigenvalue weighted by Crippen LogP contribution is -2.40. The van der Waals surface area contributed by atoms with Gasteiger partial charge in [-0.1, -0.05) is 24.1 Å². The zero-order chi connectivity index (χ0) is 13.9. The third-order valence-electron chi connectivity index (χ3n) is 3.28. The summed E-state index contributed by atoms with van der Waals surface area (Å²) < 4.78 is 26.7. The first-order valence-corrected chi connectivity index (χ1v) is 8.49. The lowest BCUT2D eigenvalue weighted by atomic mass is 10.1. The maximum Gasteiger partial charge on any atom is 0.234 e. The topological polar surface area (TPSA) is 58.2 Å². The molecule has 1 saturated heterocycles. The van der Waals surface area contributed by atoms with Crippen molar-refractivity contribution in [3.05, 3.63) is 28.8 Å².